The van der Waals surface area contributed by atoms with Crippen LogP contribution in [0.2, 0.25) is 5.02 Å². The van der Waals surface area contributed by atoms with E-state index in [0.717, 1.165) is 24.5 Å². The van der Waals surface area contributed by atoms with Crippen LogP contribution in [0.5, 0.6) is 0 Å². The molecule has 2 unspecified atom stereocenters. The summed E-state index contributed by atoms with van der Waals surface area (Å²) in [6.45, 7) is 5.16. The first kappa shape index (κ1) is 12.9. The van der Waals surface area contributed by atoms with Crippen molar-refractivity contribution < 1.29 is 4.74 Å². The highest BCUT2D eigenvalue weighted by molar-refractivity contribution is 6.31. The van der Waals surface area contributed by atoms with Crippen LogP contribution in [-0.4, -0.2) is 18.8 Å². The maximum Gasteiger partial charge on any atom is 0.0561 e. The molecule has 0 amide bonds. The predicted octanol–water partition coefficient (Wildman–Crippen LogP) is 3.56. The second-order valence-electron chi connectivity index (χ2n) is 4.81. The van der Waals surface area contributed by atoms with Crippen LogP contribution in [0.15, 0.2) is 24.3 Å². The molecular weight excluding hydrogens is 234 g/mol. The van der Waals surface area contributed by atoms with Gasteiger partial charge in [0, 0.05) is 23.7 Å². The van der Waals surface area contributed by atoms with E-state index in [0.29, 0.717) is 18.2 Å². The summed E-state index contributed by atoms with van der Waals surface area (Å²) >= 11 is 6.20. The van der Waals surface area contributed by atoms with E-state index in [1.807, 2.05) is 18.2 Å². The zero-order valence-electron chi connectivity index (χ0n) is 10.4. The van der Waals surface area contributed by atoms with Crippen LogP contribution in [0, 0.1) is 0 Å². The highest BCUT2D eigenvalue weighted by Crippen LogP contribution is 2.24. The van der Waals surface area contributed by atoms with Crippen LogP contribution in [-0.2, 0) is 4.74 Å². The second-order valence-corrected chi connectivity index (χ2v) is 5.22. The molecule has 0 radical (unpaired) electrons. The summed E-state index contributed by atoms with van der Waals surface area (Å²) in [6.07, 6.45) is 2.52. The number of rotatable bonds is 3. The lowest BCUT2D eigenvalue weighted by molar-refractivity contribution is 0.0116. The standard InChI is InChI=1S/C14H20ClNO/c1-10-9-12(7-8-17-10)16-11(2)13-5-3-4-6-14(13)15/h3-6,10-12,16H,7-9H2,1-2H3/t10?,11-,12?/m0/s1. The lowest BCUT2D eigenvalue weighted by Gasteiger charge is -2.30. The van der Waals surface area contributed by atoms with E-state index >= 15 is 0 Å². The molecule has 0 spiro atoms. The minimum atomic E-state index is 0.291. The Kier molecular flexibility index (Phi) is 4.43. The monoisotopic (exact) mass is 253 g/mol. The van der Waals surface area contributed by atoms with Gasteiger partial charge in [-0.05, 0) is 38.3 Å². The molecule has 0 aliphatic carbocycles. The van der Waals surface area contributed by atoms with Gasteiger partial charge in [0.15, 0.2) is 0 Å². The van der Waals surface area contributed by atoms with Gasteiger partial charge in [0.05, 0.1) is 6.10 Å². The number of nitrogens with one attached hydrogen (secondary N) is 1. The van der Waals surface area contributed by atoms with Gasteiger partial charge in [0.1, 0.15) is 0 Å². The third kappa shape index (κ3) is 3.44. The molecule has 3 heteroatoms. The van der Waals surface area contributed by atoms with Crippen molar-refractivity contribution in [1.29, 1.82) is 0 Å². The van der Waals surface area contributed by atoms with Gasteiger partial charge in [-0.3, -0.25) is 0 Å². The van der Waals surface area contributed by atoms with Gasteiger partial charge >= 0.3 is 0 Å². The number of benzene rings is 1. The van der Waals surface area contributed by atoms with Crippen molar-refractivity contribution in [2.45, 2.75) is 44.9 Å². The van der Waals surface area contributed by atoms with Gasteiger partial charge in [0.2, 0.25) is 0 Å². The quantitative estimate of drug-likeness (QED) is 0.890. The van der Waals surface area contributed by atoms with Crippen LogP contribution in [0.4, 0.5) is 0 Å². The summed E-state index contributed by atoms with van der Waals surface area (Å²) in [6, 6.07) is 8.86. The minimum Gasteiger partial charge on any atom is -0.378 e. The largest absolute Gasteiger partial charge is 0.378 e. The summed E-state index contributed by atoms with van der Waals surface area (Å²) < 4.78 is 5.55. The highest BCUT2D eigenvalue weighted by Gasteiger charge is 2.21. The summed E-state index contributed by atoms with van der Waals surface area (Å²) in [7, 11) is 0. The third-order valence-corrected chi connectivity index (χ3v) is 3.69. The Bertz CT molecular complexity index is 369. The molecule has 1 N–H and O–H groups in total. The van der Waals surface area contributed by atoms with E-state index in [1.165, 1.54) is 5.56 Å². The molecule has 1 saturated heterocycles. The molecule has 1 aliphatic rings. The Morgan fingerprint density at radius 3 is 2.88 bits per heavy atom. The van der Waals surface area contributed by atoms with Gasteiger partial charge < -0.3 is 10.1 Å². The molecule has 1 aromatic carbocycles. The summed E-state index contributed by atoms with van der Waals surface area (Å²) in [5.41, 5.74) is 1.17. The zero-order valence-corrected chi connectivity index (χ0v) is 11.2. The Morgan fingerprint density at radius 2 is 2.18 bits per heavy atom. The molecule has 0 aromatic heterocycles. The Labute approximate surface area is 108 Å². The average Bonchev–Trinajstić information content (AvgIpc) is 2.29. The van der Waals surface area contributed by atoms with Crippen molar-refractivity contribution >= 4 is 11.6 Å². The van der Waals surface area contributed by atoms with Gasteiger partial charge in [-0.2, -0.15) is 0 Å². The highest BCUT2D eigenvalue weighted by atomic mass is 35.5. The molecule has 2 rings (SSSR count). The number of ether oxygens (including phenoxy) is 1. The summed E-state index contributed by atoms with van der Waals surface area (Å²) in [5, 5.41) is 4.48. The molecule has 0 bridgehead atoms. The topological polar surface area (TPSA) is 21.3 Å². The van der Waals surface area contributed by atoms with E-state index in [2.05, 4.69) is 25.2 Å². The lowest BCUT2D eigenvalue weighted by atomic mass is 10.0. The number of hydrogen-bond donors (Lipinski definition) is 1. The SMILES string of the molecule is CC1CC(N[C@@H](C)c2ccccc2Cl)CCO1. The second kappa shape index (κ2) is 5.85. The first-order valence-corrected chi connectivity index (χ1v) is 6.66. The Hall–Kier alpha value is -0.570. The molecule has 17 heavy (non-hydrogen) atoms. The smallest absolute Gasteiger partial charge is 0.0561 e. The van der Waals surface area contributed by atoms with E-state index in [-0.39, 0.29) is 0 Å². The van der Waals surface area contributed by atoms with Crippen LogP contribution in [0.3, 0.4) is 0 Å². The predicted molar refractivity (Wildman–Crippen MR) is 71.4 cm³/mol. The van der Waals surface area contributed by atoms with E-state index < -0.39 is 0 Å². The number of halogens is 1. The van der Waals surface area contributed by atoms with Crippen molar-refractivity contribution in [2.75, 3.05) is 6.61 Å². The molecule has 1 fully saturated rings. The van der Waals surface area contributed by atoms with Crippen molar-refractivity contribution in [3.63, 3.8) is 0 Å². The van der Waals surface area contributed by atoms with Gasteiger partial charge in [-0.1, -0.05) is 29.8 Å². The van der Waals surface area contributed by atoms with Gasteiger partial charge in [0.25, 0.3) is 0 Å². The molecule has 2 nitrogen and oxygen atoms in total. The van der Waals surface area contributed by atoms with E-state index in [4.69, 9.17) is 16.3 Å². The molecule has 1 aromatic rings. The maximum atomic E-state index is 6.20. The van der Waals surface area contributed by atoms with Crippen LogP contribution in [0.1, 0.15) is 38.3 Å². The Balaban J connectivity index is 1.97. The minimum absolute atomic E-state index is 0.291. The van der Waals surface area contributed by atoms with E-state index in [9.17, 15) is 0 Å². The van der Waals surface area contributed by atoms with Crippen molar-refractivity contribution in [3.05, 3.63) is 34.9 Å². The van der Waals surface area contributed by atoms with Crippen molar-refractivity contribution in [2.24, 2.45) is 0 Å². The van der Waals surface area contributed by atoms with Crippen molar-refractivity contribution in [3.8, 4) is 0 Å². The number of hydrogen-bond acceptors (Lipinski definition) is 2. The molecule has 0 saturated carbocycles. The van der Waals surface area contributed by atoms with Crippen LogP contribution in [0.25, 0.3) is 0 Å². The van der Waals surface area contributed by atoms with Gasteiger partial charge in [-0.25, -0.2) is 0 Å². The summed E-state index contributed by atoms with van der Waals surface area (Å²) in [4.78, 5) is 0. The summed E-state index contributed by atoms with van der Waals surface area (Å²) in [5.74, 6) is 0. The van der Waals surface area contributed by atoms with E-state index in [1.54, 1.807) is 0 Å². The average molecular weight is 254 g/mol. The zero-order chi connectivity index (χ0) is 12.3. The first-order valence-electron chi connectivity index (χ1n) is 6.29. The molecule has 3 atom stereocenters. The maximum absolute atomic E-state index is 6.20. The third-order valence-electron chi connectivity index (χ3n) is 3.34. The molecule has 1 heterocycles. The normalized spacial score (nSPS) is 26.8. The van der Waals surface area contributed by atoms with Crippen LogP contribution >= 0.6 is 11.6 Å². The molecule has 94 valence electrons. The molecular formula is C14H20ClNO. The fraction of sp³-hybridized carbons (Fsp3) is 0.571. The Morgan fingerprint density at radius 1 is 1.41 bits per heavy atom. The van der Waals surface area contributed by atoms with Crippen LogP contribution < -0.4 is 5.32 Å². The first-order chi connectivity index (χ1) is 8.16. The fourth-order valence-corrected chi connectivity index (χ4v) is 2.72. The fourth-order valence-electron chi connectivity index (χ4n) is 2.42. The lowest BCUT2D eigenvalue weighted by Crippen LogP contribution is -2.39. The van der Waals surface area contributed by atoms with Crippen molar-refractivity contribution in [1.82, 2.24) is 5.32 Å². The molecule has 1 aliphatic heterocycles. The van der Waals surface area contributed by atoms with Gasteiger partial charge in [-0.15, -0.1) is 0 Å².